The molecule has 0 aromatic carbocycles. The van der Waals surface area contributed by atoms with Crippen LogP contribution in [-0.2, 0) is 0 Å². The van der Waals surface area contributed by atoms with Gasteiger partial charge in [-0.25, -0.2) is 0 Å². The van der Waals surface area contributed by atoms with E-state index >= 15 is 0 Å². The predicted molar refractivity (Wildman–Crippen MR) is 70.9 cm³/mol. The SMILES string of the molecule is CCC(NCC1CCCNC1)c1cccs1. The molecule has 0 saturated carbocycles. The maximum Gasteiger partial charge on any atom is 0.0412 e. The summed E-state index contributed by atoms with van der Waals surface area (Å²) in [7, 11) is 0. The van der Waals surface area contributed by atoms with E-state index in [1.54, 1.807) is 0 Å². The molecule has 1 fully saturated rings. The van der Waals surface area contributed by atoms with E-state index in [1.807, 2.05) is 11.3 Å². The third-order valence-electron chi connectivity index (χ3n) is 3.35. The van der Waals surface area contributed by atoms with Crippen LogP contribution in [0.4, 0.5) is 0 Å². The smallest absolute Gasteiger partial charge is 0.0412 e. The molecule has 2 N–H and O–H groups in total. The zero-order valence-electron chi connectivity index (χ0n) is 10.0. The molecule has 90 valence electrons. The van der Waals surface area contributed by atoms with Crippen LogP contribution in [0.3, 0.4) is 0 Å². The molecular weight excluding hydrogens is 216 g/mol. The lowest BCUT2D eigenvalue weighted by Gasteiger charge is -2.25. The molecule has 1 aliphatic rings. The van der Waals surface area contributed by atoms with Gasteiger partial charge in [0.2, 0.25) is 0 Å². The minimum Gasteiger partial charge on any atom is -0.316 e. The Hall–Kier alpha value is -0.380. The van der Waals surface area contributed by atoms with Crippen LogP contribution >= 0.6 is 11.3 Å². The maximum atomic E-state index is 3.71. The summed E-state index contributed by atoms with van der Waals surface area (Å²) >= 11 is 1.86. The van der Waals surface area contributed by atoms with Crippen LogP contribution in [0.5, 0.6) is 0 Å². The maximum absolute atomic E-state index is 3.71. The monoisotopic (exact) mass is 238 g/mol. The highest BCUT2D eigenvalue weighted by Crippen LogP contribution is 2.22. The summed E-state index contributed by atoms with van der Waals surface area (Å²) in [6, 6.07) is 4.94. The van der Waals surface area contributed by atoms with E-state index in [-0.39, 0.29) is 0 Å². The number of nitrogens with one attached hydrogen (secondary N) is 2. The van der Waals surface area contributed by atoms with Gasteiger partial charge in [0.1, 0.15) is 0 Å². The molecule has 2 nitrogen and oxygen atoms in total. The zero-order valence-corrected chi connectivity index (χ0v) is 10.9. The molecule has 0 bridgehead atoms. The lowest BCUT2D eigenvalue weighted by molar-refractivity contribution is 0.343. The summed E-state index contributed by atoms with van der Waals surface area (Å²) in [6.07, 6.45) is 3.89. The van der Waals surface area contributed by atoms with Gasteiger partial charge in [0, 0.05) is 10.9 Å². The minimum atomic E-state index is 0.557. The van der Waals surface area contributed by atoms with E-state index < -0.39 is 0 Å². The molecule has 1 aromatic heterocycles. The van der Waals surface area contributed by atoms with Crippen LogP contribution in [0.2, 0.25) is 0 Å². The van der Waals surface area contributed by atoms with Crippen LogP contribution < -0.4 is 10.6 Å². The average molecular weight is 238 g/mol. The van der Waals surface area contributed by atoms with E-state index in [9.17, 15) is 0 Å². The summed E-state index contributed by atoms with van der Waals surface area (Å²) in [4.78, 5) is 1.48. The Morgan fingerprint density at radius 2 is 2.56 bits per heavy atom. The third-order valence-corrected chi connectivity index (χ3v) is 4.33. The first-order valence-electron chi connectivity index (χ1n) is 6.37. The molecule has 0 aliphatic carbocycles. The first-order valence-corrected chi connectivity index (χ1v) is 7.25. The average Bonchev–Trinajstić information content (AvgIpc) is 2.85. The van der Waals surface area contributed by atoms with E-state index in [4.69, 9.17) is 0 Å². The molecule has 2 unspecified atom stereocenters. The van der Waals surface area contributed by atoms with E-state index in [0.29, 0.717) is 6.04 Å². The van der Waals surface area contributed by atoms with Crippen molar-refractivity contribution in [2.24, 2.45) is 5.92 Å². The van der Waals surface area contributed by atoms with Gasteiger partial charge in [0.25, 0.3) is 0 Å². The second kappa shape index (κ2) is 6.38. The number of piperidine rings is 1. The van der Waals surface area contributed by atoms with Gasteiger partial charge < -0.3 is 10.6 Å². The number of thiophene rings is 1. The normalized spacial score (nSPS) is 23.2. The molecule has 2 heterocycles. The third kappa shape index (κ3) is 3.30. The molecule has 3 heteroatoms. The zero-order chi connectivity index (χ0) is 11.2. The van der Waals surface area contributed by atoms with Crippen molar-refractivity contribution in [3.63, 3.8) is 0 Å². The Morgan fingerprint density at radius 1 is 1.62 bits per heavy atom. The Labute approximate surface area is 102 Å². The van der Waals surface area contributed by atoms with Crippen molar-refractivity contribution in [1.82, 2.24) is 10.6 Å². The largest absolute Gasteiger partial charge is 0.316 e. The summed E-state index contributed by atoms with van der Waals surface area (Å²) in [5.74, 6) is 0.822. The number of hydrogen-bond acceptors (Lipinski definition) is 3. The van der Waals surface area contributed by atoms with E-state index in [1.165, 1.54) is 37.2 Å². The van der Waals surface area contributed by atoms with Gasteiger partial charge in [0.05, 0.1) is 0 Å². The molecule has 16 heavy (non-hydrogen) atoms. The molecule has 1 saturated heterocycles. The van der Waals surface area contributed by atoms with E-state index in [2.05, 4.69) is 35.1 Å². The standard InChI is InChI=1S/C13H22N2S/c1-2-12(13-6-4-8-16-13)15-10-11-5-3-7-14-9-11/h4,6,8,11-12,14-15H,2-3,5,7,9-10H2,1H3. The van der Waals surface area contributed by atoms with Crippen LogP contribution in [0.1, 0.15) is 37.1 Å². The fourth-order valence-corrected chi connectivity index (χ4v) is 3.23. The second-order valence-corrected chi connectivity index (χ2v) is 5.58. The predicted octanol–water partition coefficient (Wildman–Crippen LogP) is 2.79. The van der Waals surface area contributed by atoms with E-state index in [0.717, 1.165) is 12.5 Å². The van der Waals surface area contributed by atoms with Gasteiger partial charge in [-0.15, -0.1) is 11.3 Å². The van der Waals surface area contributed by atoms with Gasteiger partial charge in [0.15, 0.2) is 0 Å². The fraction of sp³-hybridized carbons (Fsp3) is 0.692. The van der Waals surface area contributed by atoms with Gasteiger partial charge in [-0.2, -0.15) is 0 Å². The van der Waals surface area contributed by atoms with Crippen molar-refractivity contribution in [2.75, 3.05) is 19.6 Å². The van der Waals surface area contributed by atoms with Crippen LogP contribution in [0, 0.1) is 5.92 Å². The lowest BCUT2D eigenvalue weighted by atomic mass is 9.99. The highest BCUT2D eigenvalue weighted by molar-refractivity contribution is 7.10. The van der Waals surface area contributed by atoms with Crippen molar-refractivity contribution in [1.29, 1.82) is 0 Å². The molecular formula is C13H22N2S. The molecule has 0 spiro atoms. The topological polar surface area (TPSA) is 24.1 Å². The van der Waals surface area contributed by atoms with Crippen molar-refractivity contribution in [3.8, 4) is 0 Å². The second-order valence-electron chi connectivity index (χ2n) is 4.60. The van der Waals surface area contributed by atoms with Gasteiger partial charge in [-0.3, -0.25) is 0 Å². The summed E-state index contributed by atoms with van der Waals surface area (Å²) in [5, 5.41) is 9.35. The van der Waals surface area contributed by atoms with Gasteiger partial charge in [-0.1, -0.05) is 13.0 Å². The molecule has 0 amide bonds. The van der Waals surface area contributed by atoms with Crippen molar-refractivity contribution in [2.45, 2.75) is 32.2 Å². The molecule has 1 aliphatic heterocycles. The van der Waals surface area contributed by atoms with Crippen LogP contribution in [0.25, 0.3) is 0 Å². The van der Waals surface area contributed by atoms with Gasteiger partial charge in [-0.05, 0) is 56.3 Å². The van der Waals surface area contributed by atoms with Crippen LogP contribution in [0.15, 0.2) is 17.5 Å². The van der Waals surface area contributed by atoms with Crippen molar-refractivity contribution in [3.05, 3.63) is 22.4 Å². The molecule has 1 aromatic rings. The van der Waals surface area contributed by atoms with Gasteiger partial charge >= 0.3 is 0 Å². The minimum absolute atomic E-state index is 0.557. The molecule has 2 atom stereocenters. The van der Waals surface area contributed by atoms with Crippen molar-refractivity contribution < 1.29 is 0 Å². The summed E-state index contributed by atoms with van der Waals surface area (Å²) in [6.45, 7) is 5.81. The fourth-order valence-electron chi connectivity index (χ4n) is 2.34. The highest BCUT2D eigenvalue weighted by atomic mass is 32.1. The van der Waals surface area contributed by atoms with Crippen molar-refractivity contribution >= 4 is 11.3 Å². The Kier molecular flexibility index (Phi) is 4.82. The Bertz CT molecular complexity index is 278. The summed E-state index contributed by atoms with van der Waals surface area (Å²) in [5.41, 5.74) is 0. The first kappa shape index (κ1) is 12.1. The lowest BCUT2D eigenvalue weighted by Crippen LogP contribution is -2.37. The quantitative estimate of drug-likeness (QED) is 0.824. The Morgan fingerprint density at radius 3 is 3.19 bits per heavy atom. The number of rotatable bonds is 5. The summed E-state index contributed by atoms with van der Waals surface area (Å²) < 4.78 is 0. The Balaban J connectivity index is 1.78. The van der Waals surface area contributed by atoms with Crippen LogP contribution in [-0.4, -0.2) is 19.6 Å². The number of hydrogen-bond donors (Lipinski definition) is 2. The molecule has 2 rings (SSSR count). The highest BCUT2D eigenvalue weighted by Gasteiger charge is 2.15. The molecule has 0 radical (unpaired) electrons. The first-order chi connectivity index (χ1) is 7.90.